The van der Waals surface area contributed by atoms with Gasteiger partial charge in [0, 0.05) is 23.2 Å². The Labute approximate surface area is 109 Å². The van der Waals surface area contributed by atoms with Gasteiger partial charge in [-0.3, -0.25) is 4.90 Å². The molecule has 1 aromatic rings. The zero-order chi connectivity index (χ0) is 12.8. The molecule has 0 aliphatic heterocycles. The third kappa shape index (κ3) is 6.10. The molecule has 1 atom stereocenters. The van der Waals surface area contributed by atoms with Crippen molar-refractivity contribution >= 4 is 11.8 Å². The van der Waals surface area contributed by atoms with E-state index in [1.807, 2.05) is 25.7 Å². The molecule has 0 spiro atoms. The Morgan fingerprint density at radius 2 is 1.76 bits per heavy atom. The third-order valence-corrected chi connectivity index (χ3v) is 3.34. The lowest BCUT2D eigenvalue weighted by Crippen LogP contribution is -2.26. The lowest BCUT2D eigenvalue weighted by molar-refractivity contribution is 0.138. The average Bonchev–Trinajstić information content (AvgIpc) is 2.18. The zero-order valence-corrected chi connectivity index (χ0v) is 12.0. The first-order valence-corrected chi connectivity index (χ1v) is 6.97. The zero-order valence-electron chi connectivity index (χ0n) is 11.2. The number of thioether (sulfide) groups is 1. The molecule has 1 aromatic carbocycles. The fourth-order valence-electron chi connectivity index (χ4n) is 1.77. The highest BCUT2D eigenvalue weighted by Crippen LogP contribution is 2.23. The minimum absolute atomic E-state index is 0.268. The van der Waals surface area contributed by atoms with Crippen LogP contribution in [-0.2, 0) is 6.54 Å². The van der Waals surface area contributed by atoms with Gasteiger partial charge in [0.1, 0.15) is 0 Å². The summed E-state index contributed by atoms with van der Waals surface area (Å²) >= 11 is 1.88. The molecule has 0 saturated carbocycles. The quantitative estimate of drug-likeness (QED) is 0.788. The highest BCUT2D eigenvalue weighted by molar-refractivity contribution is 7.99. The minimum atomic E-state index is -0.268. The fraction of sp³-hybridized carbons (Fsp3) is 0.571. The summed E-state index contributed by atoms with van der Waals surface area (Å²) in [7, 11) is 2.03. The molecular formula is C14H23NOS. The molecule has 0 bridgehead atoms. The van der Waals surface area contributed by atoms with Gasteiger partial charge in [-0.2, -0.15) is 0 Å². The van der Waals surface area contributed by atoms with E-state index in [0.29, 0.717) is 11.8 Å². The second kappa shape index (κ2) is 7.04. The summed E-state index contributed by atoms with van der Waals surface area (Å²) in [6, 6.07) is 8.69. The molecule has 96 valence electrons. The summed E-state index contributed by atoms with van der Waals surface area (Å²) in [5, 5.41) is 9.92. The van der Waals surface area contributed by atoms with Crippen LogP contribution in [0.1, 0.15) is 26.3 Å². The average molecular weight is 253 g/mol. The summed E-state index contributed by atoms with van der Waals surface area (Å²) in [6.45, 7) is 7.82. The highest BCUT2D eigenvalue weighted by Gasteiger charge is 2.04. The number of aliphatic hydroxyl groups is 1. The molecular weight excluding hydrogens is 230 g/mol. The molecule has 0 aliphatic carbocycles. The highest BCUT2D eigenvalue weighted by atomic mass is 32.2. The minimum Gasteiger partial charge on any atom is -0.392 e. The van der Waals surface area contributed by atoms with Crippen LogP contribution in [0.4, 0.5) is 0 Å². The van der Waals surface area contributed by atoms with Crippen LogP contribution in [0.2, 0.25) is 0 Å². The van der Waals surface area contributed by atoms with Gasteiger partial charge in [0.05, 0.1) is 6.10 Å². The van der Waals surface area contributed by atoms with E-state index in [1.54, 1.807) is 0 Å². The first kappa shape index (κ1) is 14.6. The van der Waals surface area contributed by atoms with Crippen LogP contribution in [0.3, 0.4) is 0 Å². The molecule has 0 aromatic heterocycles. The monoisotopic (exact) mass is 253 g/mol. The topological polar surface area (TPSA) is 23.5 Å². The van der Waals surface area contributed by atoms with Crippen LogP contribution in [0.25, 0.3) is 0 Å². The molecule has 1 N–H and O–H groups in total. The maximum Gasteiger partial charge on any atom is 0.0639 e. The molecule has 0 heterocycles. The van der Waals surface area contributed by atoms with Gasteiger partial charge in [-0.25, -0.2) is 0 Å². The maximum atomic E-state index is 9.30. The van der Waals surface area contributed by atoms with Gasteiger partial charge in [0.2, 0.25) is 0 Å². The number of aliphatic hydroxyl groups excluding tert-OH is 1. The Hall–Kier alpha value is -0.510. The SMILES string of the molecule is CC(O)CN(C)Cc1ccc(SC(C)C)cc1. The van der Waals surface area contributed by atoms with Crippen LogP contribution in [-0.4, -0.2) is 35.0 Å². The Kier molecular flexibility index (Phi) is 6.03. The van der Waals surface area contributed by atoms with E-state index in [9.17, 15) is 5.11 Å². The van der Waals surface area contributed by atoms with Crippen LogP contribution < -0.4 is 0 Å². The van der Waals surface area contributed by atoms with Crippen molar-refractivity contribution in [3.8, 4) is 0 Å². The molecule has 17 heavy (non-hydrogen) atoms. The summed E-state index contributed by atoms with van der Waals surface area (Å²) in [6.07, 6.45) is -0.268. The van der Waals surface area contributed by atoms with Crippen molar-refractivity contribution in [2.75, 3.05) is 13.6 Å². The first-order chi connectivity index (χ1) is 7.97. The Morgan fingerprint density at radius 3 is 2.24 bits per heavy atom. The number of likely N-dealkylation sites (N-methyl/N-ethyl adjacent to an activating group) is 1. The van der Waals surface area contributed by atoms with Crippen molar-refractivity contribution in [1.29, 1.82) is 0 Å². The van der Waals surface area contributed by atoms with Crippen LogP contribution in [0.15, 0.2) is 29.2 Å². The molecule has 0 fully saturated rings. The molecule has 1 unspecified atom stereocenters. The standard InChI is InChI=1S/C14H23NOS/c1-11(2)17-14-7-5-13(6-8-14)10-15(4)9-12(3)16/h5-8,11-12,16H,9-10H2,1-4H3. The van der Waals surface area contributed by atoms with E-state index in [0.717, 1.165) is 6.54 Å². The summed E-state index contributed by atoms with van der Waals surface area (Å²) in [4.78, 5) is 3.46. The first-order valence-electron chi connectivity index (χ1n) is 6.09. The third-order valence-electron chi connectivity index (χ3n) is 2.32. The number of hydrogen-bond donors (Lipinski definition) is 1. The lowest BCUT2D eigenvalue weighted by Gasteiger charge is -2.18. The summed E-state index contributed by atoms with van der Waals surface area (Å²) in [5.74, 6) is 0. The van der Waals surface area contributed by atoms with Crippen molar-refractivity contribution < 1.29 is 5.11 Å². The van der Waals surface area contributed by atoms with E-state index >= 15 is 0 Å². The van der Waals surface area contributed by atoms with E-state index in [1.165, 1.54) is 10.5 Å². The van der Waals surface area contributed by atoms with Gasteiger partial charge in [-0.15, -0.1) is 11.8 Å². The second-order valence-corrected chi connectivity index (χ2v) is 6.51. The van der Waals surface area contributed by atoms with Gasteiger partial charge >= 0.3 is 0 Å². The summed E-state index contributed by atoms with van der Waals surface area (Å²) < 4.78 is 0. The van der Waals surface area contributed by atoms with E-state index < -0.39 is 0 Å². The molecule has 0 amide bonds. The number of rotatable bonds is 6. The molecule has 0 saturated heterocycles. The van der Waals surface area contributed by atoms with Crippen molar-refractivity contribution in [3.05, 3.63) is 29.8 Å². The van der Waals surface area contributed by atoms with Crippen molar-refractivity contribution in [2.24, 2.45) is 0 Å². The largest absolute Gasteiger partial charge is 0.392 e. The number of hydrogen-bond acceptors (Lipinski definition) is 3. The van der Waals surface area contributed by atoms with Gasteiger partial charge in [0.25, 0.3) is 0 Å². The molecule has 1 rings (SSSR count). The van der Waals surface area contributed by atoms with Gasteiger partial charge in [0.15, 0.2) is 0 Å². The van der Waals surface area contributed by atoms with Gasteiger partial charge < -0.3 is 5.11 Å². The second-order valence-electron chi connectivity index (χ2n) is 4.86. The lowest BCUT2D eigenvalue weighted by atomic mass is 10.2. The molecule has 0 aliphatic rings. The Morgan fingerprint density at radius 1 is 1.18 bits per heavy atom. The maximum absolute atomic E-state index is 9.30. The van der Waals surface area contributed by atoms with E-state index in [4.69, 9.17) is 0 Å². The van der Waals surface area contributed by atoms with Crippen molar-refractivity contribution in [3.63, 3.8) is 0 Å². The van der Waals surface area contributed by atoms with Gasteiger partial charge in [-0.1, -0.05) is 26.0 Å². The number of nitrogens with zero attached hydrogens (tertiary/aromatic N) is 1. The van der Waals surface area contributed by atoms with Crippen LogP contribution in [0, 0.1) is 0 Å². The molecule has 3 heteroatoms. The molecule has 0 radical (unpaired) electrons. The fourth-order valence-corrected chi connectivity index (χ4v) is 2.61. The van der Waals surface area contributed by atoms with E-state index in [-0.39, 0.29) is 6.10 Å². The summed E-state index contributed by atoms with van der Waals surface area (Å²) in [5.41, 5.74) is 1.29. The predicted octanol–water partition coefficient (Wildman–Crippen LogP) is 3.00. The van der Waals surface area contributed by atoms with Crippen molar-refractivity contribution in [1.82, 2.24) is 4.90 Å². The van der Waals surface area contributed by atoms with Crippen molar-refractivity contribution in [2.45, 2.75) is 43.6 Å². The Bertz CT molecular complexity index is 321. The van der Waals surface area contributed by atoms with Crippen LogP contribution in [0.5, 0.6) is 0 Å². The van der Waals surface area contributed by atoms with E-state index in [2.05, 4.69) is 43.0 Å². The van der Waals surface area contributed by atoms with Crippen LogP contribution >= 0.6 is 11.8 Å². The smallest absolute Gasteiger partial charge is 0.0639 e. The number of benzene rings is 1. The molecule has 2 nitrogen and oxygen atoms in total. The van der Waals surface area contributed by atoms with Gasteiger partial charge in [-0.05, 0) is 31.7 Å². The predicted molar refractivity (Wildman–Crippen MR) is 75.4 cm³/mol. The normalized spacial score (nSPS) is 13.4. The Balaban J connectivity index is 2.50.